The molecule has 1 aromatic rings. The van der Waals surface area contributed by atoms with E-state index in [1.165, 1.54) is 4.90 Å². The molecule has 0 bridgehead atoms. The first-order valence-electron chi connectivity index (χ1n) is 6.51. The molecule has 0 radical (unpaired) electrons. The van der Waals surface area contributed by atoms with Crippen LogP contribution in [0.5, 0.6) is 5.75 Å². The molecule has 0 heterocycles. The number of rotatable bonds is 7. The fourth-order valence-electron chi connectivity index (χ4n) is 1.43. The van der Waals surface area contributed by atoms with Gasteiger partial charge in [-0.05, 0) is 25.2 Å². The molecule has 0 aliphatic rings. The van der Waals surface area contributed by atoms with Gasteiger partial charge in [0, 0.05) is 32.7 Å². The van der Waals surface area contributed by atoms with Crippen LogP contribution < -0.4 is 15.4 Å². The van der Waals surface area contributed by atoms with E-state index in [-0.39, 0.29) is 18.4 Å². The first-order chi connectivity index (χ1) is 9.93. The lowest BCUT2D eigenvalue weighted by atomic mass is 10.3. The quantitative estimate of drug-likeness (QED) is 0.797. The number of likely N-dealkylation sites (N-methyl/N-ethyl adjacent to an activating group) is 1. The van der Waals surface area contributed by atoms with Gasteiger partial charge >= 0.3 is 0 Å². The van der Waals surface area contributed by atoms with Crippen molar-refractivity contribution >= 4 is 29.1 Å². The number of hydrogen-bond acceptors (Lipinski definition) is 4. The van der Waals surface area contributed by atoms with Crippen LogP contribution in [0.3, 0.4) is 0 Å². The molecule has 0 saturated carbocycles. The molecular weight excluding hydrogens is 294 g/mol. The number of carbonyl (C=O) groups is 2. The van der Waals surface area contributed by atoms with Gasteiger partial charge in [-0.1, -0.05) is 11.6 Å². The molecule has 6 nitrogen and oxygen atoms in total. The van der Waals surface area contributed by atoms with Gasteiger partial charge in [0.25, 0.3) is 5.91 Å². The van der Waals surface area contributed by atoms with E-state index < -0.39 is 0 Å². The Hall–Kier alpha value is -1.79. The summed E-state index contributed by atoms with van der Waals surface area (Å²) in [6.07, 6.45) is 0.379. The van der Waals surface area contributed by atoms with Crippen LogP contribution in [0.2, 0.25) is 5.02 Å². The van der Waals surface area contributed by atoms with Crippen molar-refractivity contribution in [3.05, 3.63) is 23.2 Å². The molecule has 1 aromatic carbocycles. The van der Waals surface area contributed by atoms with Crippen molar-refractivity contribution in [2.45, 2.75) is 6.42 Å². The third-order valence-electron chi connectivity index (χ3n) is 2.67. The Labute approximate surface area is 129 Å². The Kier molecular flexibility index (Phi) is 6.98. The largest absolute Gasteiger partial charge is 0.482 e. The monoisotopic (exact) mass is 313 g/mol. The summed E-state index contributed by atoms with van der Waals surface area (Å²) in [6, 6.07) is 4.89. The number of amides is 2. The van der Waals surface area contributed by atoms with Crippen LogP contribution in [-0.4, -0.2) is 51.0 Å². The second-order valence-corrected chi connectivity index (χ2v) is 5.03. The molecule has 0 spiro atoms. The van der Waals surface area contributed by atoms with Gasteiger partial charge in [0.2, 0.25) is 5.91 Å². The average Bonchev–Trinajstić information content (AvgIpc) is 2.43. The SMILES string of the molecule is CNCCC(=O)Nc1ccc(OCC(=O)N(C)C)c(Cl)c1. The lowest BCUT2D eigenvalue weighted by Crippen LogP contribution is -2.27. The normalized spacial score (nSPS) is 10.1. The molecule has 0 aliphatic carbocycles. The maximum atomic E-state index is 11.6. The molecule has 2 N–H and O–H groups in total. The number of benzene rings is 1. The third-order valence-corrected chi connectivity index (χ3v) is 2.96. The van der Waals surface area contributed by atoms with Crippen molar-refractivity contribution in [3.63, 3.8) is 0 Å². The summed E-state index contributed by atoms with van der Waals surface area (Å²) >= 11 is 6.07. The van der Waals surface area contributed by atoms with E-state index in [1.807, 2.05) is 0 Å². The fourth-order valence-corrected chi connectivity index (χ4v) is 1.66. The number of carbonyl (C=O) groups excluding carboxylic acids is 2. The van der Waals surface area contributed by atoms with Gasteiger partial charge < -0.3 is 20.3 Å². The molecule has 0 unspecified atom stereocenters. The van der Waals surface area contributed by atoms with Crippen LogP contribution in [0, 0.1) is 0 Å². The molecule has 1 rings (SSSR count). The van der Waals surface area contributed by atoms with E-state index in [4.69, 9.17) is 16.3 Å². The van der Waals surface area contributed by atoms with E-state index in [0.29, 0.717) is 29.4 Å². The fraction of sp³-hybridized carbons (Fsp3) is 0.429. The first-order valence-corrected chi connectivity index (χ1v) is 6.88. The minimum Gasteiger partial charge on any atom is -0.482 e. The standard InChI is InChI=1S/C14H20ClN3O3/c1-16-7-6-13(19)17-10-4-5-12(11(15)8-10)21-9-14(20)18(2)3/h4-5,8,16H,6-7,9H2,1-3H3,(H,17,19). The minimum atomic E-state index is -0.157. The number of nitrogens with one attached hydrogen (secondary N) is 2. The maximum Gasteiger partial charge on any atom is 0.259 e. The van der Waals surface area contributed by atoms with E-state index in [0.717, 1.165) is 0 Å². The van der Waals surface area contributed by atoms with E-state index in [1.54, 1.807) is 39.3 Å². The smallest absolute Gasteiger partial charge is 0.259 e. The number of ether oxygens (including phenoxy) is 1. The van der Waals surface area contributed by atoms with Crippen LogP contribution >= 0.6 is 11.6 Å². The minimum absolute atomic E-state index is 0.0827. The lowest BCUT2D eigenvalue weighted by molar-refractivity contribution is -0.130. The van der Waals surface area contributed by atoms with E-state index in [2.05, 4.69) is 10.6 Å². The van der Waals surface area contributed by atoms with Crippen LogP contribution in [0.1, 0.15) is 6.42 Å². The molecule has 2 amide bonds. The summed E-state index contributed by atoms with van der Waals surface area (Å²) in [5, 5.41) is 5.97. The van der Waals surface area contributed by atoms with Gasteiger partial charge in [0.05, 0.1) is 5.02 Å². The van der Waals surface area contributed by atoms with Gasteiger partial charge in [-0.15, -0.1) is 0 Å². The van der Waals surface area contributed by atoms with Crippen molar-refractivity contribution in [1.29, 1.82) is 0 Å². The topological polar surface area (TPSA) is 70.7 Å². The second-order valence-electron chi connectivity index (χ2n) is 4.62. The highest BCUT2D eigenvalue weighted by Gasteiger charge is 2.09. The average molecular weight is 314 g/mol. The van der Waals surface area contributed by atoms with Gasteiger partial charge in [-0.2, -0.15) is 0 Å². The number of hydrogen-bond donors (Lipinski definition) is 2. The summed E-state index contributed by atoms with van der Waals surface area (Å²) in [4.78, 5) is 24.5. The van der Waals surface area contributed by atoms with Crippen LogP contribution in [0.25, 0.3) is 0 Å². The van der Waals surface area contributed by atoms with Crippen molar-refractivity contribution in [2.24, 2.45) is 0 Å². The van der Waals surface area contributed by atoms with Crippen molar-refractivity contribution in [2.75, 3.05) is 39.6 Å². The molecule has 0 aromatic heterocycles. The van der Waals surface area contributed by atoms with Gasteiger partial charge in [0.1, 0.15) is 5.75 Å². The molecule has 0 fully saturated rings. The zero-order valence-electron chi connectivity index (χ0n) is 12.4. The Bertz CT molecular complexity index is 506. The van der Waals surface area contributed by atoms with E-state index in [9.17, 15) is 9.59 Å². The predicted octanol–water partition coefficient (Wildman–Crippen LogP) is 1.35. The zero-order chi connectivity index (χ0) is 15.8. The highest BCUT2D eigenvalue weighted by atomic mass is 35.5. The maximum absolute atomic E-state index is 11.6. The highest BCUT2D eigenvalue weighted by molar-refractivity contribution is 6.32. The molecule has 116 valence electrons. The summed E-state index contributed by atoms with van der Waals surface area (Å²) in [5.41, 5.74) is 0.590. The molecule has 0 atom stereocenters. The van der Waals surface area contributed by atoms with Crippen molar-refractivity contribution < 1.29 is 14.3 Å². The molecule has 21 heavy (non-hydrogen) atoms. The van der Waals surface area contributed by atoms with E-state index >= 15 is 0 Å². The summed E-state index contributed by atoms with van der Waals surface area (Å²) in [7, 11) is 5.08. The number of anilines is 1. The van der Waals surface area contributed by atoms with Gasteiger partial charge in [-0.3, -0.25) is 9.59 Å². The molecular formula is C14H20ClN3O3. The Morgan fingerprint density at radius 1 is 1.33 bits per heavy atom. The molecule has 0 saturated heterocycles. The third kappa shape index (κ3) is 6.01. The van der Waals surface area contributed by atoms with Crippen LogP contribution in [-0.2, 0) is 9.59 Å². The lowest BCUT2D eigenvalue weighted by Gasteiger charge is -2.13. The Balaban J connectivity index is 2.59. The summed E-state index contributed by atoms with van der Waals surface area (Å²) in [5.74, 6) is 0.146. The second kappa shape index (κ2) is 8.49. The Morgan fingerprint density at radius 3 is 2.62 bits per heavy atom. The first kappa shape index (κ1) is 17.3. The van der Waals surface area contributed by atoms with Gasteiger partial charge in [0.15, 0.2) is 6.61 Å². The van der Waals surface area contributed by atoms with Crippen LogP contribution in [0.4, 0.5) is 5.69 Å². The summed E-state index contributed by atoms with van der Waals surface area (Å²) < 4.78 is 5.34. The van der Waals surface area contributed by atoms with Crippen molar-refractivity contribution in [3.8, 4) is 5.75 Å². The van der Waals surface area contributed by atoms with Gasteiger partial charge in [-0.25, -0.2) is 0 Å². The molecule has 7 heteroatoms. The van der Waals surface area contributed by atoms with Crippen molar-refractivity contribution in [1.82, 2.24) is 10.2 Å². The number of nitrogens with zero attached hydrogens (tertiary/aromatic N) is 1. The zero-order valence-corrected chi connectivity index (χ0v) is 13.2. The van der Waals surface area contributed by atoms with Crippen LogP contribution in [0.15, 0.2) is 18.2 Å². The summed E-state index contributed by atoms with van der Waals surface area (Å²) in [6.45, 7) is 0.522. The predicted molar refractivity (Wildman–Crippen MR) is 82.8 cm³/mol. The Morgan fingerprint density at radius 2 is 2.05 bits per heavy atom. The molecule has 0 aliphatic heterocycles. The number of halogens is 1. The highest BCUT2D eigenvalue weighted by Crippen LogP contribution is 2.27.